The first-order chi connectivity index (χ1) is 8.99. The molecule has 19 heavy (non-hydrogen) atoms. The van der Waals surface area contributed by atoms with E-state index < -0.39 is 6.04 Å². The van der Waals surface area contributed by atoms with Gasteiger partial charge in [0.1, 0.15) is 6.04 Å². The molecule has 1 unspecified atom stereocenters. The van der Waals surface area contributed by atoms with Crippen molar-refractivity contribution in [2.45, 2.75) is 19.4 Å². The first-order valence-electron chi connectivity index (χ1n) is 6.37. The fourth-order valence-electron chi connectivity index (χ4n) is 2.12. The highest BCUT2D eigenvalue weighted by atomic mass is 16.2. The van der Waals surface area contributed by atoms with Gasteiger partial charge >= 0.3 is 0 Å². The molecule has 0 spiro atoms. The highest BCUT2D eigenvalue weighted by molar-refractivity contribution is 6.01. The van der Waals surface area contributed by atoms with E-state index >= 15 is 0 Å². The van der Waals surface area contributed by atoms with Gasteiger partial charge in [0.15, 0.2) is 0 Å². The summed E-state index contributed by atoms with van der Waals surface area (Å²) in [5, 5.41) is 2.68. The maximum absolute atomic E-state index is 12.2. The maximum atomic E-state index is 12.2. The van der Waals surface area contributed by atoms with Gasteiger partial charge in [-0.05, 0) is 31.2 Å². The second-order valence-corrected chi connectivity index (χ2v) is 4.94. The first kappa shape index (κ1) is 13.4. The van der Waals surface area contributed by atoms with Crippen molar-refractivity contribution < 1.29 is 9.59 Å². The summed E-state index contributed by atoms with van der Waals surface area (Å²) in [6, 6.07) is 7.29. The number of anilines is 2. The third-order valence-electron chi connectivity index (χ3n) is 3.25. The van der Waals surface area contributed by atoms with E-state index in [0.29, 0.717) is 13.0 Å². The Bertz CT molecular complexity index is 482. The van der Waals surface area contributed by atoms with E-state index in [2.05, 4.69) is 5.32 Å². The molecule has 0 saturated carbocycles. The number of nitrogens with one attached hydrogen (secondary N) is 1. The molecule has 0 aromatic heterocycles. The Balaban J connectivity index is 2.24. The molecule has 1 aliphatic rings. The van der Waals surface area contributed by atoms with Crippen molar-refractivity contribution >= 4 is 23.2 Å². The molecule has 2 amide bonds. The van der Waals surface area contributed by atoms with Gasteiger partial charge in [0, 0.05) is 38.4 Å². The van der Waals surface area contributed by atoms with Gasteiger partial charge in [-0.3, -0.25) is 9.59 Å². The van der Waals surface area contributed by atoms with Crippen LogP contribution in [0.25, 0.3) is 0 Å². The van der Waals surface area contributed by atoms with E-state index in [0.717, 1.165) is 11.4 Å². The highest BCUT2D eigenvalue weighted by Crippen LogP contribution is 2.21. The zero-order chi connectivity index (χ0) is 14.0. The van der Waals surface area contributed by atoms with Crippen LogP contribution in [-0.2, 0) is 9.59 Å². The minimum atomic E-state index is -0.469. The van der Waals surface area contributed by atoms with Gasteiger partial charge in [0.05, 0.1) is 0 Å². The third kappa shape index (κ3) is 2.86. The zero-order valence-electron chi connectivity index (χ0n) is 11.5. The minimum Gasteiger partial charge on any atom is -0.378 e. The number of rotatable bonds is 2. The molecule has 1 N–H and O–H groups in total. The van der Waals surface area contributed by atoms with E-state index in [-0.39, 0.29) is 11.8 Å². The monoisotopic (exact) mass is 261 g/mol. The second-order valence-electron chi connectivity index (χ2n) is 4.94. The average Bonchev–Trinajstić information content (AvgIpc) is 2.50. The van der Waals surface area contributed by atoms with E-state index in [4.69, 9.17) is 0 Å². The lowest BCUT2D eigenvalue weighted by molar-refractivity contribution is -0.125. The summed E-state index contributed by atoms with van der Waals surface area (Å²) in [6.07, 6.45) is 0.339. The molecule has 1 aromatic rings. The number of benzene rings is 1. The Kier molecular flexibility index (Phi) is 3.74. The third-order valence-corrected chi connectivity index (χ3v) is 3.25. The summed E-state index contributed by atoms with van der Waals surface area (Å²) >= 11 is 0. The van der Waals surface area contributed by atoms with Gasteiger partial charge < -0.3 is 15.1 Å². The average molecular weight is 261 g/mol. The number of nitrogens with zero attached hydrogens (tertiary/aromatic N) is 2. The Labute approximate surface area is 113 Å². The quantitative estimate of drug-likeness (QED) is 0.864. The van der Waals surface area contributed by atoms with Crippen molar-refractivity contribution in [1.29, 1.82) is 0 Å². The summed E-state index contributed by atoms with van der Waals surface area (Å²) in [5.41, 5.74) is 1.91. The molecule has 1 aliphatic heterocycles. The Morgan fingerprint density at radius 1 is 1.21 bits per heavy atom. The maximum Gasteiger partial charge on any atom is 0.249 e. The first-order valence-corrected chi connectivity index (χ1v) is 6.37. The Morgan fingerprint density at radius 3 is 2.42 bits per heavy atom. The number of hydrogen-bond donors (Lipinski definition) is 1. The molecule has 1 heterocycles. The van der Waals surface area contributed by atoms with Gasteiger partial charge in [-0.1, -0.05) is 0 Å². The van der Waals surface area contributed by atoms with Gasteiger partial charge in [-0.2, -0.15) is 0 Å². The summed E-state index contributed by atoms with van der Waals surface area (Å²) in [6.45, 7) is 2.14. The molecule has 5 nitrogen and oxygen atoms in total. The molecular weight excluding hydrogens is 242 g/mol. The van der Waals surface area contributed by atoms with Crippen LogP contribution >= 0.6 is 0 Å². The number of amides is 2. The van der Waals surface area contributed by atoms with Crippen molar-refractivity contribution in [2.24, 2.45) is 0 Å². The molecule has 102 valence electrons. The van der Waals surface area contributed by atoms with Gasteiger partial charge in [0.2, 0.25) is 11.8 Å². The molecule has 1 saturated heterocycles. The zero-order valence-corrected chi connectivity index (χ0v) is 11.5. The fraction of sp³-hybridized carbons (Fsp3) is 0.429. The van der Waals surface area contributed by atoms with Gasteiger partial charge in [-0.15, -0.1) is 0 Å². The molecule has 1 atom stereocenters. The topological polar surface area (TPSA) is 52.7 Å². The molecule has 0 radical (unpaired) electrons. The van der Waals surface area contributed by atoms with Crippen molar-refractivity contribution in [3.8, 4) is 0 Å². The van der Waals surface area contributed by atoms with E-state index in [1.165, 1.54) is 0 Å². The summed E-state index contributed by atoms with van der Waals surface area (Å²) < 4.78 is 0. The Hall–Kier alpha value is -2.04. The molecule has 2 rings (SSSR count). The second kappa shape index (κ2) is 5.30. The fourth-order valence-corrected chi connectivity index (χ4v) is 2.12. The van der Waals surface area contributed by atoms with Crippen molar-refractivity contribution in [2.75, 3.05) is 30.4 Å². The normalized spacial score (nSPS) is 19.9. The van der Waals surface area contributed by atoms with Gasteiger partial charge in [-0.25, -0.2) is 0 Å². The van der Waals surface area contributed by atoms with Crippen molar-refractivity contribution in [3.63, 3.8) is 0 Å². The van der Waals surface area contributed by atoms with Crippen LogP contribution in [0.1, 0.15) is 13.3 Å². The van der Waals surface area contributed by atoms with Crippen LogP contribution in [0.15, 0.2) is 24.3 Å². The van der Waals surface area contributed by atoms with Crippen LogP contribution in [0.5, 0.6) is 0 Å². The summed E-state index contributed by atoms with van der Waals surface area (Å²) in [7, 11) is 3.94. The van der Waals surface area contributed by atoms with E-state index in [9.17, 15) is 9.59 Å². The summed E-state index contributed by atoms with van der Waals surface area (Å²) in [5.74, 6) is -0.142. The largest absolute Gasteiger partial charge is 0.378 e. The van der Waals surface area contributed by atoms with E-state index in [1.54, 1.807) is 11.8 Å². The van der Waals surface area contributed by atoms with Gasteiger partial charge in [0.25, 0.3) is 0 Å². The minimum absolute atomic E-state index is 0.0662. The van der Waals surface area contributed by atoms with Crippen LogP contribution in [0.3, 0.4) is 0 Å². The Morgan fingerprint density at radius 2 is 1.84 bits per heavy atom. The smallest absolute Gasteiger partial charge is 0.249 e. The predicted molar refractivity (Wildman–Crippen MR) is 75.3 cm³/mol. The van der Waals surface area contributed by atoms with Crippen LogP contribution < -0.4 is 15.1 Å². The molecule has 1 fully saturated rings. The lowest BCUT2D eigenvalue weighted by Gasteiger charge is -2.23. The van der Waals surface area contributed by atoms with Crippen molar-refractivity contribution in [1.82, 2.24) is 5.32 Å². The molecule has 0 bridgehead atoms. The highest BCUT2D eigenvalue weighted by Gasteiger charge is 2.27. The molecular formula is C14H19N3O2. The van der Waals surface area contributed by atoms with Crippen LogP contribution in [0, 0.1) is 0 Å². The summed E-state index contributed by atoms with van der Waals surface area (Å²) in [4.78, 5) is 27.3. The van der Waals surface area contributed by atoms with Crippen LogP contribution in [0.2, 0.25) is 0 Å². The lowest BCUT2D eigenvalue weighted by atomic mass is 10.2. The van der Waals surface area contributed by atoms with Crippen LogP contribution in [0.4, 0.5) is 11.4 Å². The predicted octanol–water partition coefficient (Wildman–Crippen LogP) is 0.994. The molecule has 1 aromatic carbocycles. The number of hydrogen-bond acceptors (Lipinski definition) is 3. The standard InChI is InChI=1S/C14H19N3O2/c1-10-14(19)17(9-8-13(18)15-10)12-6-4-11(5-7-12)16(2)3/h4-7,10H,8-9H2,1-3H3,(H,15,18). The van der Waals surface area contributed by atoms with Crippen molar-refractivity contribution in [3.05, 3.63) is 24.3 Å². The molecule has 0 aliphatic carbocycles. The SMILES string of the molecule is CC1NC(=O)CCN(c2ccc(N(C)C)cc2)C1=O. The number of carbonyl (C=O) groups is 2. The van der Waals surface area contributed by atoms with E-state index in [1.807, 2.05) is 43.3 Å². The van der Waals surface area contributed by atoms with Crippen LogP contribution in [-0.4, -0.2) is 38.5 Å². The lowest BCUT2D eigenvalue weighted by Crippen LogP contribution is -2.42. The molecule has 5 heteroatoms. The number of carbonyl (C=O) groups excluding carboxylic acids is 2.